The molecular weight excluding hydrogens is 169 g/mol. The van der Waals surface area contributed by atoms with E-state index in [1.165, 1.54) is 12.1 Å². The van der Waals surface area contributed by atoms with E-state index in [1.807, 2.05) is 0 Å². The van der Waals surface area contributed by atoms with Crippen LogP contribution in [-0.2, 0) is 0 Å². The molecule has 0 saturated carbocycles. The normalized spacial score (nSPS) is 15.3. The van der Waals surface area contributed by atoms with Crippen LogP contribution in [-0.4, -0.2) is 11.1 Å². The summed E-state index contributed by atoms with van der Waals surface area (Å²) in [4.78, 5) is 0. The molecule has 0 bridgehead atoms. The van der Waals surface area contributed by atoms with Crippen molar-refractivity contribution in [2.75, 3.05) is 0 Å². The van der Waals surface area contributed by atoms with Gasteiger partial charge in [-0.1, -0.05) is 12.1 Å². The highest BCUT2D eigenvalue weighted by Crippen LogP contribution is 2.23. The molecular formula is C10H14FNO. The molecule has 2 atom stereocenters. The number of alkyl halides is 1. The Balaban J connectivity index is 2.66. The maximum absolute atomic E-state index is 13.4. The number of rotatable bonds is 3. The van der Waals surface area contributed by atoms with Crippen molar-refractivity contribution in [2.24, 2.45) is 5.73 Å². The lowest BCUT2D eigenvalue weighted by molar-refractivity contribution is 0.307. The smallest absolute Gasteiger partial charge is 0.127 e. The number of phenolic OH excluding ortho intramolecular Hbond substituents is 1. The molecule has 0 heterocycles. The average Bonchev–Trinajstić information content (AvgIpc) is 2.04. The topological polar surface area (TPSA) is 46.2 Å². The van der Waals surface area contributed by atoms with E-state index in [0.29, 0.717) is 12.0 Å². The SMILES string of the molecule is CC(N)CC(F)c1ccc(O)cc1. The highest BCUT2D eigenvalue weighted by Gasteiger charge is 2.11. The first-order chi connectivity index (χ1) is 6.09. The highest BCUT2D eigenvalue weighted by molar-refractivity contribution is 5.27. The van der Waals surface area contributed by atoms with Crippen molar-refractivity contribution >= 4 is 0 Å². The Morgan fingerprint density at radius 2 is 1.92 bits per heavy atom. The molecule has 0 radical (unpaired) electrons. The first-order valence-corrected chi connectivity index (χ1v) is 4.28. The summed E-state index contributed by atoms with van der Waals surface area (Å²) in [5.74, 6) is 0.150. The number of aromatic hydroxyl groups is 1. The fourth-order valence-corrected chi connectivity index (χ4v) is 1.15. The van der Waals surface area contributed by atoms with Gasteiger partial charge in [0.15, 0.2) is 0 Å². The van der Waals surface area contributed by atoms with Crippen LogP contribution < -0.4 is 5.73 Å². The molecule has 0 amide bonds. The third-order valence-electron chi connectivity index (χ3n) is 1.83. The number of benzene rings is 1. The summed E-state index contributed by atoms with van der Waals surface area (Å²) >= 11 is 0. The number of hydrogen-bond acceptors (Lipinski definition) is 2. The summed E-state index contributed by atoms with van der Waals surface area (Å²) < 4.78 is 13.4. The van der Waals surface area contributed by atoms with Crippen LogP contribution in [0.1, 0.15) is 25.1 Å². The quantitative estimate of drug-likeness (QED) is 0.754. The zero-order chi connectivity index (χ0) is 9.84. The molecule has 3 heteroatoms. The lowest BCUT2D eigenvalue weighted by Crippen LogP contribution is -2.16. The molecule has 0 spiro atoms. The van der Waals surface area contributed by atoms with Crippen molar-refractivity contribution in [1.82, 2.24) is 0 Å². The van der Waals surface area contributed by atoms with Crippen LogP contribution in [0.15, 0.2) is 24.3 Å². The van der Waals surface area contributed by atoms with E-state index in [4.69, 9.17) is 10.8 Å². The Bertz CT molecular complexity index is 258. The lowest BCUT2D eigenvalue weighted by atomic mass is 10.0. The summed E-state index contributed by atoms with van der Waals surface area (Å²) in [6, 6.07) is 5.94. The second kappa shape index (κ2) is 4.23. The second-order valence-electron chi connectivity index (χ2n) is 3.27. The van der Waals surface area contributed by atoms with Gasteiger partial charge in [0, 0.05) is 6.04 Å². The van der Waals surface area contributed by atoms with Crippen molar-refractivity contribution in [3.05, 3.63) is 29.8 Å². The van der Waals surface area contributed by atoms with Crippen molar-refractivity contribution < 1.29 is 9.50 Å². The van der Waals surface area contributed by atoms with Crippen LogP contribution in [0, 0.1) is 0 Å². The summed E-state index contributed by atoms with van der Waals surface area (Å²) in [7, 11) is 0. The van der Waals surface area contributed by atoms with Crippen LogP contribution in [0.5, 0.6) is 5.75 Å². The maximum Gasteiger partial charge on any atom is 0.127 e. The van der Waals surface area contributed by atoms with Crippen LogP contribution in [0.2, 0.25) is 0 Å². The van der Waals surface area contributed by atoms with E-state index in [2.05, 4.69) is 0 Å². The summed E-state index contributed by atoms with van der Waals surface area (Å²) in [6.07, 6.45) is -0.731. The largest absolute Gasteiger partial charge is 0.508 e. The molecule has 0 saturated heterocycles. The van der Waals surface area contributed by atoms with Gasteiger partial charge >= 0.3 is 0 Å². The van der Waals surface area contributed by atoms with Gasteiger partial charge < -0.3 is 10.8 Å². The Hall–Kier alpha value is -1.09. The van der Waals surface area contributed by atoms with E-state index >= 15 is 0 Å². The predicted molar refractivity (Wildman–Crippen MR) is 50.2 cm³/mol. The monoisotopic (exact) mass is 183 g/mol. The van der Waals surface area contributed by atoms with E-state index in [0.717, 1.165) is 0 Å². The van der Waals surface area contributed by atoms with E-state index in [1.54, 1.807) is 19.1 Å². The molecule has 3 N–H and O–H groups in total. The predicted octanol–water partition coefficient (Wildman–Crippen LogP) is 2.14. The van der Waals surface area contributed by atoms with Gasteiger partial charge in [0.05, 0.1) is 0 Å². The molecule has 13 heavy (non-hydrogen) atoms. The zero-order valence-corrected chi connectivity index (χ0v) is 7.57. The highest BCUT2D eigenvalue weighted by atomic mass is 19.1. The van der Waals surface area contributed by atoms with Gasteiger partial charge in [-0.25, -0.2) is 4.39 Å². The third-order valence-corrected chi connectivity index (χ3v) is 1.83. The van der Waals surface area contributed by atoms with Crippen LogP contribution in [0.25, 0.3) is 0 Å². The van der Waals surface area contributed by atoms with Crippen molar-refractivity contribution in [3.63, 3.8) is 0 Å². The standard InChI is InChI=1S/C10H14FNO/c1-7(12)6-10(11)8-2-4-9(13)5-3-8/h2-5,7,10,13H,6,12H2,1H3. The van der Waals surface area contributed by atoms with Crippen LogP contribution in [0.3, 0.4) is 0 Å². The maximum atomic E-state index is 13.4. The van der Waals surface area contributed by atoms with Gasteiger partial charge in [-0.3, -0.25) is 0 Å². The number of hydrogen-bond donors (Lipinski definition) is 2. The van der Waals surface area contributed by atoms with E-state index in [9.17, 15) is 4.39 Å². The lowest BCUT2D eigenvalue weighted by Gasteiger charge is -2.10. The minimum absolute atomic E-state index is 0.149. The average molecular weight is 183 g/mol. The summed E-state index contributed by atoms with van der Waals surface area (Å²) in [5, 5.41) is 8.97. The first kappa shape index (κ1) is 9.99. The molecule has 2 unspecified atom stereocenters. The third kappa shape index (κ3) is 3.03. The van der Waals surface area contributed by atoms with E-state index < -0.39 is 6.17 Å². The van der Waals surface area contributed by atoms with Gasteiger partial charge in [0.2, 0.25) is 0 Å². The molecule has 1 aromatic carbocycles. The van der Waals surface area contributed by atoms with Crippen molar-refractivity contribution in [1.29, 1.82) is 0 Å². The van der Waals surface area contributed by atoms with Gasteiger partial charge in [0.1, 0.15) is 11.9 Å². The first-order valence-electron chi connectivity index (χ1n) is 4.28. The second-order valence-corrected chi connectivity index (χ2v) is 3.27. The summed E-state index contributed by atoms with van der Waals surface area (Å²) in [6.45, 7) is 1.77. The number of nitrogens with two attached hydrogens (primary N) is 1. The molecule has 72 valence electrons. The van der Waals surface area contributed by atoms with Crippen LogP contribution in [0.4, 0.5) is 4.39 Å². The van der Waals surface area contributed by atoms with Crippen molar-refractivity contribution in [2.45, 2.75) is 25.6 Å². The van der Waals surface area contributed by atoms with Gasteiger partial charge in [-0.15, -0.1) is 0 Å². The molecule has 0 fully saturated rings. The van der Waals surface area contributed by atoms with Gasteiger partial charge in [-0.05, 0) is 31.0 Å². The molecule has 1 aromatic rings. The number of phenols is 1. The Morgan fingerprint density at radius 3 is 2.38 bits per heavy atom. The van der Waals surface area contributed by atoms with Gasteiger partial charge in [-0.2, -0.15) is 0 Å². The Kier molecular flexibility index (Phi) is 3.25. The zero-order valence-electron chi connectivity index (χ0n) is 7.57. The molecule has 0 aliphatic heterocycles. The minimum atomic E-state index is -1.04. The van der Waals surface area contributed by atoms with E-state index in [-0.39, 0.29) is 11.8 Å². The molecule has 2 nitrogen and oxygen atoms in total. The molecule has 1 rings (SSSR count). The Labute approximate surface area is 77.2 Å². The fraction of sp³-hybridized carbons (Fsp3) is 0.400. The van der Waals surface area contributed by atoms with Crippen molar-refractivity contribution in [3.8, 4) is 5.75 Å². The molecule has 0 aliphatic rings. The number of halogens is 1. The fourth-order valence-electron chi connectivity index (χ4n) is 1.15. The van der Waals surface area contributed by atoms with Crippen LogP contribution >= 0.6 is 0 Å². The minimum Gasteiger partial charge on any atom is -0.508 e. The van der Waals surface area contributed by atoms with Gasteiger partial charge in [0.25, 0.3) is 0 Å². The molecule has 0 aliphatic carbocycles. The summed E-state index contributed by atoms with van der Waals surface area (Å²) in [5.41, 5.74) is 6.04. The Morgan fingerprint density at radius 1 is 1.38 bits per heavy atom. The molecule has 0 aromatic heterocycles.